The highest BCUT2D eigenvalue weighted by molar-refractivity contribution is 6.07. The monoisotopic (exact) mass is 482 g/mol. The molecule has 35 heavy (non-hydrogen) atoms. The van der Waals surface area contributed by atoms with Crippen LogP contribution in [0, 0.1) is 0 Å². The number of ether oxygens (including phenoxy) is 2. The van der Waals surface area contributed by atoms with Gasteiger partial charge in [-0.2, -0.15) is 0 Å². The van der Waals surface area contributed by atoms with E-state index in [0.29, 0.717) is 5.75 Å². The molecule has 0 aromatic heterocycles. The summed E-state index contributed by atoms with van der Waals surface area (Å²) in [6.45, 7) is 0.767. The van der Waals surface area contributed by atoms with Gasteiger partial charge in [-0.05, 0) is 23.8 Å². The first-order chi connectivity index (χ1) is 16.8. The van der Waals surface area contributed by atoms with Crippen molar-refractivity contribution in [3.05, 3.63) is 59.7 Å². The number of benzene rings is 2. The van der Waals surface area contributed by atoms with E-state index in [1.165, 1.54) is 37.1 Å². The molecular weight excluding hydrogens is 456 g/mol. The van der Waals surface area contributed by atoms with E-state index in [1.807, 2.05) is 30.3 Å². The molecule has 1 aliphatic heterocycles. The van der Waals surface area contributed by atoms with Gasteiger partial charge in [0.2, 0.25) is 17.7 Å². The van der Waals surface area contributed by atoms with Gasteiger partial charge in [-0.1, -0.05) is 30.3 Å². The summed E-state index contributed by atoms with van der Waals surface area (Å²) < 4.78 is 10.7. The lowest BCUT2D eigenvalue weighted by Crippen LogP contribution is -2.56. The number of esters is 1. The minimum absolute atomic E-state index is 0.000851. The standard InChI is InChI=1S/C24H26N4O7/c1-16(29)25-13-21(30)26-15-28-22(31)10-11-27(24(28)33)19-12-18(8-9-20(19)34-2)23(32)35-14-17-6-4-3-5-7-17/h3-9,12H,10-11,13-15H2,1-2H3,(H,25,29)(H,26,30). The van der Waals surface area contributed by atoms with Crippen molar-refractivity contribution in [3.63, 3.8) is 0 Å². The van der Waals surface area contributed by atoms with Gasteiger partial charge in [0.1, 0.15) is 19.0 Å². The van der Waals surface area contributed by atoms with Gasteiger partial charge in [-0.25, -0.2) is 14.5 Å². The Morgan fingerprint density at radius 2 is 1.77 bits per heavy atom. The van der Waals surface area contributed by atoms with Gasteiger partial charge in [0.05, 0.1) is 24.9 Å². The molecule has 11 heteroatoms. The first-order valence-corrected chi connectivity index (χ1v) is 10.8. The van der Waals surface area contributed by atoms with Gasteiger partial charge >= 0.3 is 12.0 Å². The molecule has 0 bridgehead atoms. The summed E-state index contributed by atoms with van der Waals surface area (Å²) in [4.78, 5) is 63.1. The molecule has 2 aromatic rings. The van der Waals surface area contributed by atoms with E-state index in [-0.39, 0.29) is 49.9 Å². The topological polar surface area (TPSA) is 134 Å². The van der Waals surface area contributed by atoms with Gasteiger partial charge in [-0.3, -0.25) is 19.3 Å². The Morgan fingerprint density at radius 3 is 2.46 bits per heavy atom. The Labute approximate surface area is 202 Å². The number of imide groups is 1. The maximum absolute atomic E-state index is 13.1. The van der Waals surface area contributed by atoms with Crippen LogP contribution >= 0.6 is 0 Å². The van der Waals surface area contributed by atoms with E-state index in [0.717, 1.165) is 10.5 Å². The summed E-state index contributed by atoms with van der Waals surface area (Å²) in [6.07, 6.45) is -0.000851. The van der Waals surface area contributed by atoms with E-state index >= 15 is 0 Å². The van der Waals surface area contributed by atoms with E-state index in [4.69, 9.17) is 9.47 Å². The third kappa shape index (κ3) is 6.56. The van der Waals surface area contributed by atoms with Crippen LogP contribution < -0.4 is 20.3 Å². The number of carbonyl (C=O) groups excluding carboxylic acids is 5. The summed E-state index contributed by atoms with van der Waals surface area (Å²) >= 11 is 0. The van der Waals surface area contributed by atoms with Crippen LogP contribution in [0.1, 0.15) is 29.3 Å². The van der Waals surface area contributed by atoms with Crippen LogP contribution in [0.4, 0.5) is 10.5 Å². The Hall–Kier alpha value is -4.41. The first-order valence-electron chi connectivity index (χ1n) is 10.8. The number of carbonyl (C=O) groups is 5. The number of hydrogen-bond donors (Lipinski definition) is 2. The van der Waals surface area contributed by atoms with Crippen molar-refractivity contribution < 1.29 is 33.4 Å². The summed E-state index contributed by atoms with van der Waals surface area (Å²) in [5.74, 6) is -1.67. The van der Waals surface area contributed by atoms with Crippen LogP contribution in [0.2, 0.25) is 0 Å². The lowest BCUT2D eigenvalue weighted by Gasteiger charge is -2.34. The van der Waals surface area contributed by atoms with Gasteiger partial charge in [0.25, 0.3) is 0 Å². The maximum Gasteiger partial charge on any atom is 0.338 e. The van der Waals surface area contributed by atoms with Crippen molar-refractivity contribution in [1.29, 1.82) is 0 Å². The van der Waals surface area contributed by atoms with Crippen LogP contribution in [0.3, 0.4) is 0 Å². The van der Waals surface area contributed by atoms with E-state index in [2.05, 4.69) is 10.6 Å². The number of nitrogens with zero attached hydrogens (tertiary/aromatic N) is 2. The smallest absolute Gasteiger partial charge is 0.338 e. The van der Waals surface area contributed by atoms with Gasteiger partial charge in [-0.15, -0.1) is 0 Å². The molecule has 11 nitrogen and oxygen atoms in total. The zero-order valence-corrected chi connectivity index (χ0v) is 19.4. The van der Waals surface area contributed by atoms with Crippen LogP contribution in [-0.4, -0.2) is 61.5 Å². The predicted molar refractivity (Wildman–Crippen MR) is 124 cm³/mol. The average Bonchev–Trinajstić information content (AvgIpc) is 2.86. The summed E-state index contributed by atoms with van der Waals surface area (Å²) in [6, 6.07) is 13.0. The van der Waals surface area contributed by atoms with Crippen LogP contribution in [0.5, 0.6) is 5.75 Å². The summed E-state index contributed by atoms with van der Waals surface area (Å²) in [5, 5.41) is 4.76. The zero-order chi connectivity index (χ0) is 25.4. The van der Waals surface area contributed by atoms with Crippen molar-refractivity contribution in [1.82, 2.24) is 15.5 Å². The molecule has 1 heterocycles. The SMILES string of the molecule is COc1ccc(C(=O)OCc2ccccc2)cc1N1CCC(=O)N(CNC(=O)CNC(C)=O)C1=O. The molecule has 0 unspecified atom stereocenters. The van der Waals surface area contributed by atoms with Gasteiger partial charge < -0.3 is 20.1 Å². The molecule has 1 fully saturated rings. The number of anilines is 1. The number of urea groups is 1. The second kappa shape index (κ2) is 11.6. The van der Waals surface area contributed by atoms with E-state index in [9.17, 15) is 24.0 Å². The molecule has 0 radical (unpaired) electrons. The van der Waals surface area contributed by atoms with Crippen molar-refractivity contribution in [2.45, 2.75) is 20.0 Å². The molecule has 2 N–H and O–H groups in total. The Morgan fingerprint density at radius 1 is 1.03 bits per heavy atom. The summed E-state index contributed by atoms with van der Waals surface area (Å²) in [5.41, 5.74) is 1.32. The highest BCUT2D eigenvalue weighted by Gasteiger charge is 2.34. The second-order valence-corrected chi connectivity index (χ2v) is 7.62. The minimum atomic E-state index is -0.686. The fraction of sp³-hybridized carbons (Fsp3) is 0.292. The van der Waals surface area contributed by atoms with E-state index in [1.54, 1.807) is 0 Å². The number of hydrogen-bond acceptors (Lipinski definition) is 7. The van der Waals surface area contributed by atoms with Crippen molar-refractivity contribution in [2.24, 2.45) is 0 Å². The largest absolute Gasteiger partial charge is 0.495 e. The zero-order valence-electron chi connectivity index (χ0n) is 19.4. The Kier molecular flexibility index (Phi) is 8.38. The predicted octanol–water partition coefficient (Wildman–Crippen LogP) is 1.42. The number of methoxy groups -OCH3 is 1. The number of amides is 5. The minimum Gasteiger partial charge on any atom is -0.495 e. The number of nitrogens with one attached hydrogen (secondary N) is 2. The van der Waals surface area contributed by atoms with Crippen molar-refractivity contribution in [3.8, 4) is 5.75 Å². The van der Waals surface area contributed by atoms with Crippen molar-refractivity contribution >= 4 is 35.4 Å². The molecular formula is C24H26N4O7. The van der Waals surface area contributed by atoms with E-state index < -0.39 is 23.8 Å². The highest BCUT2D eigenvalue weighted by atomic mass is 16.5. The fourth-order valence-corrected chi connectivity index (χ4v) is 3.34. The third-order valence-corrected chi connectivity index (χ3v) is 5.16. The van der Waals surface area contributed by atoms with Crippen molar-refractivity contribution in [2.75, 3.05) is 31.8 Å². The lowest BCUT2D eigenvalue weighted by molar-refractivity contribution is -0.130. The van der Waals surface area contributed by atoms with Gasteiger partial charge in [0, 0.05) is 19.9 Å². The molecule has 1 saturated heterocycles. The molecule has 2 aromatic carbocycles. The molecule has 184 valence electrons. The van der Waals surface area contributed by atoms with Crippen LogP contribution in [0.15, 0.2) is 48.5 Å². The molecule has 5 amide bonds. The van der Waals surface area contributed by atoms with Crippen LogP contribution in [-0.2, 0) is 25.7 Å². The third-order valence-electron chi connectivity index (χ3n) is 5.16. The average molecular weight is 482 g/mol. The Bertz CT molecular complexity index is 1120. The molecule has 0 aliphatic carbocycles. The second-order valence-electron chi connectivity index (χ2n) is 7.62. The highest BCUT2D eigenvalue weighted by Crippen LogP contribution is 2.32. The molecule has 0 atom stereocenters. The first kappa shape index (κ1) is 25.2. The molecule has 1 aliphatic rings. The quantitative estimate of drug-likeness (QED) is 0.516. The normalized spacial score (nSPS) is 13.3. The molecule has 0 spiro atoms. The fourth-order valence-electron chi connectivity index (χ4n) is 3.34. The molecule has 0 saturated carbocycles. The van der Waals surface area contributed by atoms with Crippen LogP contribution in [0.25, 0.3) is 0 Å². The lowest BCUT2D eigenvalue weighted by atomic mass is 10.1. The maximum atomic E-state index is 13.1. The molecule has 3 rings (SSSR count). The summed E-state index contributed by atoms with van der Waals surface area (Å²) in [7, 11) is 1.42. The van der Waals surface area contributed by atoms with Gasteiger partial charge in [0.15, 0.2) is 0 Å². The Balaban J connectivity index is 1.73. The number of rotatable bonds is 9.